The van der Waals surface area contributed by atoms with E-state index in [4.69, 9.17) is 4.74 Å². The van der Waals surface area contributed by atoms with Crippen molar-refractivity contribution in [1.29, 1.82) is 0 Å². The van der Waals surface area contributed by atoms with Crippen LogP contribution in [0.2, 0.25) is 0 Å². The molecule has 0 saturated carbocycles. The van der Waals surface area contributed by atoms with E-state index in [-0.39, 0.29) is 17.5 Å². The van der Waals surface area contributed by atoms with Crippen LogP contribution in [0.3, 0.4) is 0 Å². The second kappa shape index (κ2) is 9.09. The van der Waals surface area contributed by atoms with E-state index in [1.165, 1.54) is 17.5 Å². The monoisotopic (exact) mass is 396 g/mol. The Bertz CT molecular complexity index is 987. The average molecular weight is 396 g/mol. The number of aromatic nitrogens is 2. The molecule has 1 aromatic carbocycles. The SMILES string of the molecule is CNC(=O)c1cc(Oc2cccc(CCNC(=O)c3csc(C)n3)c2)ccn1. The van der Waals surface area contributed by atoms with Gasteiger partial charge in [-0.1, -0.05) is 12.1 Å². The molecule has 0 aliphatic carbocycles. The van der Waals surface area contributed by atoms with Crippen LogP contribution in [-0.2, 0) is 6.42 Å². The Kier molecular flexibility index (Phi) is 6.33. The highest BCUT2D eigenvalue weighted by atomic mass is 32.1. The van der Waals surface area contributed by atoms with Gasteiger partial charge in [0.25, 0.3) is 11.8 Å². The van der Waals surface area contributed by atoms with Crippen LogP contribution < -0.4 is 15.4 Å². The number of pyridine rings is 1. The Morgan fingerprint density at radius 3 is 2.68 bits per heavy atom. The first-order valence-electron chi connectivity index (χ1n) is 8.70. The van der Waals surface area contributed by atoms with Gasteiger partial charge >= 0.3 is 0 Å². The van der Waals surface area contributed by atoms with Crippen molar-refractivity contribution in [3.8, 4) is 11.5 Å². The van der Waals surface area contributed by atoms with Crippen LogP contribution in [0.5, 0.6) is 11.5 Å². The number of hydrogen-bond acceptors (Lipinski definition) is 6. The Labute approximate surface area is 166 Å². The quantitative estimate of drug-likeness (QED) is 0.640. The third kappa shape index (κ3) is 5.14. The summed E-state index contributed by atoms with van der Waals surface area (Å²) in [7, 11) is 1.55. The van der Waals surface area contributed by atoms with E-state index in [1.54, 1.807) is 24.6 Å². The number of nitrogens with zero attached hydrogens (tertiary/aromatic N) is 2. The number of nitrogens with one attached hydrogen (secondary N) is 2. The van der Waals surface area contributed by atoms with Crippen molar-refractivity contribution in [2.75, 3.05) is 13.6 Å². The Balaban J connectivity index is 1.58. The normalized spacial score (nSPS) is 10.4. The molecule has 8 heteroatoms. The summed E-state index contributed by atoms with van der Waals surface area (Å²) in [5, 5.41) is 8.02. The number of aryl methyl sites for hydroxylation is 1. The van der Waals surface area contributed by atoms with Gasteiger partial charge in [0.2, 0.25) is 0 Å². The minimum atomic E-state index is -0.273. The Hall–Kier alpha value is -3.26. The minimum Gasteiger partial charge on any atom is -0.457 e. The van der Waals surface area contributed by atoms with Crippen LogP contribution in [-0.4, -0.2) is 35.4 Å². The van der Waals surface area contributed by atoms with Crippen LogP contribution in [0.15, 0.2) is 48.0 Å². The summed E-state index contributed by atoms with van der Waals surface area (Å²) in [5.41, 5.74) is 1.76. The van der Waals surface area contributed by atoms with E-state index in [0.29, 0.717) is 30.2 Å². The lowest BCUT2D eigenvalue weighted by molar-refractivity contribution is 0.0945. The van der Waals surface area contributed by atoms with E-state index in [0.717, 1.165) is 10.6 Å². The summed E-state index contributed by atoms with van der Waals surface area (Å²) < 4.78 is 5.84. The van der Waals surface area contributed by atoms with E-state index in [9.17, 15) is 9.59 Å². The van der Waals surface area contributed by atoms with Crippen LogP contribution >= 0.6 is 11.3 Å². The zero-order valence-electron chi connectivity index (χ0n) is 15.6. The van der Waals surface area contributed by atoms with Gasteiger partial charge in [-0.25, -0.2) is 4.98 Å². The smallest absolute Gasteiger partial charge is 0.270 e. The van der Waals surface area contributed by atoms with Gasteiger partial charge in [0.1, 0.15) is 22.9 Å². The molecule has 0 unspecified atom stereocenters. The van der Waals surface area contributed by atoms with Gasteiger partial charge in [-0.3, -0.25) is 14.6 Å². The molecule has 2 heterocycles. The van der Waals surface area contributed by atoms with Crippen molar-refractivity contribution >= 4 is 23.2 Å². The molecule has 2 amide bonds. The fraction of sp³-hybridized carbons (Fsp3) is 0.200. The predicted octanol–water partition coefficient (Wildman–Crippen LogP) is 2.97. The fourth-order valence-electron chi connectivity index (χ4n) is 2.51. The van der Waals surface area contributed by atoms with Gasteiger partial charge in [0.15, 0.2) is 0 Å². The number of hydrogen-bond donors (Lipinski definition) is 2. The predicted molar refractivity (Wildman–Crippen MR) is 107 cm³/mol. The first kappa shape index (κ1) is 19.5. The van der Waals surface area contributed by atoms with Gasteiger partial charge in [-0.15, -0.1) is 11.3 Å². The second-order valence-corrected chi connectivity index (χ2v) is 7.03. The second-order valence-electron chi connectivity index (χ2n) is 5.96. The van der Waals surface area contributed by atoms with E-state index >= 15 is 0 Å². The zero-order chi connectivity index (χ0) is 19.9. The molecule has 2 N–H and O–H groups in total. The molecule has 0 bridgehead atoms. The summed E-state index contributed by atoms with van der Waals surface area (Å²) >= 11 is 1.45. The van der Waals surface area contributed by atoms with Crippen molar-refractivity contribution in [2.24, 2.45) is 0 Å². The summed E-state index contributed by atoms with van der Waals surface area (Å²) in [6.07, 6.45) is 2.19. The molecule has 0 aliphatic heterocycles. The fourth-order valence-corrected chi connectivity index (χ4v) is 3.10. The maximum Gasteiger partial charge on any atom is 0.270 e. The highest BCUT2D eigenvalue weighted by Gasteiger charge is 2.09. The molecule has 3 aromatic rings. The molecule has 0 fully saturated rings. The van der Waals surface area contributed by atoms with Gasteiger partial charge in [-0.05, 0) is 37.1 Å². The highest BCUT2D eigenvalue weighted by Crippen LogP contribution is 2.22. The number of carbonyl (C=O) groups excluding carboxylic acids is 2. The number of carbonyl (C=O) groups is 2. The van der Waals surface area contributed by atoms with E-state index in [2.05, 4.69) is 20.6 Å². The zero-order valence-corrected chi connectivity index (χ0v) is 16.4. The Morgan fingerprint density at radius 1 is 1.11 bits per heavy atom. The maximum atomic E-state index is 12.0. The van der Waals surface area contributed by atoms with Crippen LogP contribution in [0.1, 0.15) is 31.5 Å². The van der Waals surface area contributed by atoms with Gasteiger partial charge in [-0.2, -0.15) is 0 Å². The molecule has 144 valence electrons. The largest absolute Gasteiger partial charge is 0.457 e. The molecule has 28 heavy (non-hydrogen) atoms. The van der Waals surface area contributed by atoms with Crippen LogP contribution in [0.25, 0.3) is 0 Å². The molecule has 0 atom stereocenters. The lowest BCUT2D eigenvalue weighted by Crippen LogP contribution is -2.25. The molecular weight excluding hydrogens is 376 g/mol. The third-order valence-electron chi connectivity index (χ3n) is 3.88. The lowest BCUT2D eigenvalue weighted by atomic mass is 10.1. The van der Waals surface area contributed by atoms with Crippen LogP contribution in [0.4, 0.5) is 0 Å². The third-order valence-corrected chi connectivity index (χ3v) is 4.65. The van der Waals surface area contributed by atoms with Crippen molar-refractivity contribution in [2.45, 2.75) is 13.3 Å². The molecule has 0 saturated heterocycles. The number of amides is 2. The first-order valence-corrected chi connectivity index (χ1v) is 9.58. The molecule has 2 aromatic heterocycles. The molecule has 0 aliphatic rings. The standard InChI is InChI=1S/C20H20N4O3S/c1-13-24-18(12-28-13)20(26)23-8-6-14-4-3-5-15(10-14)27-16-7-9-22-17(11-16)19(25)21-2/h3-5,7,9-12H,6,8H2,1-2H3,(H,21,25)(H,23,26). The van der Waals surface area contributed by atoms with Crippen LogP contribution in [0, 0.1) is 6.92 Å². The van der Waals surface area contributed by atoms with Gasteiger partial charge in [0.05, 0.1) is 5.01 Å². The van der Waals surface area contributed by atoms with Crippen molar-refractivity contribution in [3.05, 3.63) is 69.9 Å². The Morgan fingerprint density at radius 2 is 1.93 bits per heavy atom. The van der Waals surface area contributed by atoms with Crippen molar-refractivity contribution in [3.63, 3.8) is 0 Å². The number of ether oxygens (including phenoxy) is 1. The number of rotatable bonds is 7. The maximum absolute atomic E-state index is 12.0. The number of benzene rings is 1. The summed E-state index contributed by atoms with van der Waals surface area (Å²) in [6.45, 7) is 2.36. The summed E-state index contributed by atoms with van der Waals surface area (Å²) in [5.74, 6) is 0.728. The highest BCUT2D eigenvalue weighted by molar-refractivity contribution is 7.09. The van der Waals surface area contributed by atoms with E-state index < -0.39 is 0 Å². The van der Waals surface area contributed by atoms with Crippen molar-refractivity contribution in [1.82, 2.24) is 20.6 Å². The molecular formula is C20H20N4O3S. The topological polar surface area (TPSA) is 93.2 Å². The minimum absolute atomic E-state index is 0.171. The summed E-state index contributed by atoms with van der Waals surface area (Å²) in [4.78, 5) is 31.9. The molecule has 3 rings (SSSR count). The summed E-state index contributed by atoms with van der Waals surface area (Å²) in [6, 6.07) is 10.9. The lowest BCUT2D eigenvalue weighted by Gasteiger charge is -2.09. The average Bonchev–Trinajstić information content (AvgIpc) is 3.14. The molecule has 7 nitrogen and oxygen atoms in total. The van der Waals surface area contributed by atoms with Gasteiger partial charge < -0.3 is 15.4 Å². The molecule has 0 spiro atoms. The first-order chi connectivity index (χ1) is 13.5. The van der Waals surface area contributed by atoms with Gasteiger partial charge in [0, 0.05) is 31.2 Å². The molecule has 0 radical (unpaired) electrons. The van der Waals surface area contributed by atoms with E-state index in [1.807, 2.05) is 31.2 Å². The number of thiazole rings is 1. The van der Waals surface area contributed by atoms with Crippen molar-refractivity contribution < 1.29 is 14.3 Å².